The number of rotatable bonds is 7. The first-order valence-electron chi connectivity index (χ1n) is 10.4. The van der Waals surface area contributed by atoms with Crippen LogP contribution >= 0.6 is 11.3 Å². The fraction of sp³-hybridized carbons (Fsp3) is 0.409. The summed E-state index contributed by atoms with van der Waals surface area (Å²) in [7, 11) is 0. The predicted octanol–water partition coefficient (Wildman–Crippen LogP) is 2.43. The van der Waals surface area contributed by atoms with Gasteiger partial charge in [-0.2, -0.15) is 0 Å². The average Bonchev–Trinajstić information content (AvgIpc) is 3.14. The average molecular weight is 424 g/mol. The first-order chi connectivity index (χ1) is 14.7. The van der Waals surface area contributed by atoms with Crippen molar-refractivity contribution in [2.24, 2.45) is 5.92 Å². The van der Waals surface area contributed by atoms with Crippen LogP contribution in [0.15, 0.2) is 48.1 Å². The van der Waals surface area contributed by atoms with Gasteiger partial charge in [-0.15, -0.1) is 11.3 Å². The Morgan fingerprint density at radius 2 is 2.07 bits per heavy atom. The number of thiazole rings is 1. The number of aromatic amines is 1. The molecule has 0 saturated heterocycles. The normalized spacial score (nSPS) is 26.0. The maximum Gasteiger partial charge on any atom is 0.226 e. The SMILES string of the molecule is O=C(NC1CC1)[C@H]1C[C@@H](NCc2nccs2)[C@H](c2cnc(-c3ccccc3)[nH]2)[C@@H]1O. The molecule has 5 rings (SSSR count). The molecule has 4 N–H and O–H groups in total. The number of imidazole rings is 1. The predicted molar refractivity (Wildman–Crippen MR) is 115 cm³/mol. The summed E-state index contributed by atoms with van der Waals surface area (Å²) in [6.45, 7) is 0.613. The monoisotopic (exact) mass is 423 g/mol. The molecule has 156 valence electrons. The van der Waals surface area contributed by atoms with Gasteiger partial charge in [0, 0.05) is 53.6 Å². The van der Waals surface area contributed by atoms with Crippen LogP contribution in [0, 0.1) is 5.92 Å². The molecule has 0 radical (unpaired) electrons. The van der Waals surface area contributed by atoms with Crippen LogP contribution < -0.4 is 10.6 Å². The fourth-order valence-corrected chi connectivity index (χ4v) is 4.83. The van der Waals surface area contributed by atoms with Crippen molar-refractivity contribution < 1.29 is 9.90 Å². The van der Waals surface area contributed by atoms with Gasteiger partial charge in [0.15, 0.2) is 0 Å². The summed E-state index contributed by atoms with van der Waals surface area (Å²) in [6.07, 6.45) is 5.44. The topological polar surface area (TPSA) is 103 Å². The van der Waals surface area contributed by atoms with Gasteiger partial charge in [0.2, 0.25) is 5.91 Å². The number of amides is 1. The van der Waals surface area contributed by atoms with Crippen LogP contribution in [-0.4, -0.2) is 44.2 Å². The third kappa shape index (κ3) is 4.03. The number of nitrogens with zero attached hydrogens (tertiary/aromatic N) is 2. The van der Waals surface area contributed by atoms with E-state index in [0.29, 0.717) is 13.0 Å². The molecular formula is C22H25N5O2S. The minimum atomic E-state index is -0.776. The maximum absolute atomic E-state index is 12.8. The van der Waals surface area contributed by atoms with E-state index < -0.39 is 12.0 Å². The summed E-state index contributed by atoms with van der Waals surface area (Å²) < 4.78 is 0. The number of aliphatic hydroxyl groups excluding tert-OH is 1. The lowest BCUT2D eigenvalue weighted by molar-refractivity contribution is -0.127. The van der Waals surface area contributed by atoms with Crippen molar-refractivity contribution >= 4 is 17.2 Å². The first-order valence-corrected chi connectivity index (χ1v) is 11.3. The van der Waals surface area contributed by atoms with Crippen LogP contribution in [0.25, 0.3) is 11.4 Å². The molecule has 1 aromatic carbocycles. The van der Waals surface area contributed by atoms with Crippen molar-refractivity contribution in [2.45, 2.75) is 49.9 Å². The third-order valence-corrected chi connectivity index (χ3v) is 6.76. The zero-order chi connectivity index (χ0) is 20.5. The molecule has 2 heterocycles. The van der Waals surface area contributed by atoms with Gasteiger partial charge < -0.3 is 20.7 Å². The molecule has 2 saturated carbocycles. The van der Waals surface area contributed by atoms with Crippen molar-refractivity contribution in [1.82, 2.24) is 25.6 Å². The van der Waals surface area contributed by atoms with Gasteiger partial charge in [-0.1, -0.05) is 30.3 Å². The molecule has 0 spiro atoms. The standard InChI is InChI=1S/C22H25N5O2S/c28-20-15(22(29)26-14-6-7-14)10-16(24-12-18-23-8-9-30-18)19(20)17-11-25-21(27-17)13-4-2-1-3-5-13/h1-5,8-9,11,14-16,19-20,24,28H,6-7,10,12H2,(H,25,27)(H,26,29)/t15-,16+,19+,20+/m0/s1. The zero-order valence-electron chi connectivity index (χ0n) is 16.5. The number of carbonyl (C=O) groups is 1. The molecule has 0 aliphatic heterocycles. The van der Waals surface area contributed by atoms with E-state index in [2.05, 4.69) is 25.6 Å². The summed E-state index contributed by atoms with van der Waals surface area (Å²) in [6, 6.07) is 10.1. The van der Waals surface area contributed by atoms with E-state index in [1.165, 1.54) is 0 Å². The van der Waals surface area contributed by atoms with Crippen molar-refractivity contribution in [3.63, 3.8) is 0 Å². The number of aliphatic hydroxyl groups is 1. The number of carbonyl (C=O) groups excluding carboxylic acids is 1. The van der Waals surface area contributed by atoms with Gasteiger partial charge >= 0.3 is 0 Å². The van der Waals surface area contributed by atoms with Crippen molar-refractivity contribution in [3.05, 3.63) is 58.8 Å². The van der Waals surface area contributed by atoms with Gasteiger partial charge in [0.25, 0.3) is 0 Å². The van der Waals surface area contributed by atoms with E-state index in [4.69, 9.17) is 0 Å². The van der Waals surface area contributed by atoms with Gasteiger partial charge in [0.1, 0.15) is 10.8 Å². The van der Waals surface area contributed by atoms with Gasteiger partial charge in [-0.3, -0.25) is 4.79 Å². The molecule has 0 bridgehead atoms. The Bertz CT molecular complexity index is 986. The molecule has 30 heavy (non-hydrogen) atoms. The van der Waals surface area contributed by atoms with Crippen LogP contribution in [0.4, 0.5) is 0 Å². The van der Waals surface area contributed by atoms with E-state index in [1.54, 1.807) is 23.7 Å². The zero-order valence-corrected chi connectivity index (χ0v) is 17.3. The smallest absolute Gasteiger partial charge is 0.226 e. The molecular weight excluding hydrogens is 398 g/mol. The lowest BCUT2D eigenvalue weighted by atomic mass is 9.96. The maximum atomic E-state index is 12.8. The highest BCUT2D eigenvalue weighted by atomic mass is 32.1. The van der Waals surface area contributed by atoms with Gasteiger partial charge in [0.05, 0.1) is 12.0 Å². The molecule has 2 aromatic heterocycles. The highest BCUT2D eigenvalue weighted by Crippen LogP contribution is 2.40. The van der Waals surface area contributed by atoms with E-state index in [0.717, 1.165) is 34.9 Å². The summed E-state index contributed by atoms with van der Waals surface area (Å²) in [5.41, 5.74) is 1.84. The highest BCUT2D eigenvalue weighted by molar-refractivity contribution is 7.09. The molecule has 3 aromatic rings. The molecule has 0 unspecified atom stereocenters. The Balaban J connectivity index is 1.38. The van der Waals surface area contributed by atoms with Crippen LogP contribution in [0.2, 0.25) is 0 Å². The summed E-state index contributed by atoms with van der Waals surface area (Å²) >= 11 is 1.59. The number of aromatic nitrogens is 3. The molecule has 1 amide bonds. The highest BCUT2D eigenvalue weighted by Gasteiger charge is 2.47. The quantitative estimate of drug-likeness (QED) is 0.467. The molecule has 2 fully saturated rings. The van der Waals surface area contributed by atoms with E-state index in [-0.39, 0.29) is 23.9 Å². The molecule has 8 heteroatoms. The summed E-state index contributed by atoms with van der Waals surface area (Å²) in [4.78, 5) is 25.0. The van der Waals surface area contributed by atoms with Crippen molar-refractivity contribution in [3.8, 4) is 11.4 Å². The second-order valence-corrected chi connectivity index (χ2v) is 9.09. The Morgan fingerprint density at radius 1 is 1.23 bits per heavy atom. The number of benzene rings is 1. The van der Waals surface area contributed by atoms with Crippen LogP contribution in [-0.2, 0) is 11.3 Å². The van der Waals surface area contributed by atoms with Gasteiger partial charge in [-0.25, -0.2) is 9.97 Å². The van der Waals surface area contributed by atoms with Crippen LogP contribution in [0.1, 0.15) is 35.9 Å². The van der Waals surface area contributed by atoms with E-state index >= 15 is 0 Å². The second kappa shape index (κ2) is 8.29. The Hall–Kier alpha value is -2.55. The largest absolute Gasteiger partial charge is 0.392 e. The number of hydrogen-bond donors (Lipinski definition) is 4. The molecule has 7 nitrogen and oxygen atoms in total. The number of hydrogen-bond acceptors (Lipinski definition) is 6. The van der Waals surface area contributed by atoms with E-state index in [9.17, 15) is 9.90 Å². The van der Waals surface area contributed by atoms with Crippen LogP contribution in [0.3, 0.4) is 0 Å². The first kappa shape index (κ1) is 19.4. The number of H-pyrrole nitrogens is 1. The third-order valence-electron chi connectivity index (χ3n) is 5.98. The Kier molecular flexibility index (Phi) is 5.37. The molecule has 2 aliphatic carbocycles. The molecule has 4 atom stereocenters. The Morgan fingerprint density at radius 3 is 2.80 bits per heavy atom. The summed E-state index contributed by atoms with van der Waals surface area (Å²) in [5, 5.41) is 20.7. The minimum Gasteiger partial charge on any atom is -0.392 e. The Labute approximate surface area is 179 Å². The van der Waals surface area contributed by atoms with Crippen LogP contribution in [0.5, 0.6) is 0 Å². The van der Waals surface area contributed by atoms with Crippen molar-refractivity contribution in [2.75, 3.05) is 0 Å². The second-order valence-electron chi connectivity index (χ2n) is 8.11. The molecule has 2 aliphatic rings. The summed E-state index contributed by atoms with van der Waals surface area (Å²) in [5.74, 6) is 0.0384. The van der Waals surface area contributed by atoms with Crippen molar-refractivity contribution in [1.29, 1.82) is 0 Å². The van der Waals surface area contributed by atoms with Gasteiger partial charge in [-0.05, 0) is 19.3 Å². The van der Waals surface area contributed by atoms with E-state index in [1.807, 2.05) is 35.7 Å². The minimum absolute atomic E-state index is 0.0450. The lowest BCUT2D eigenvalue weighted by Gasteiger charge is -2.22. The lowest BCUT2D eigenvalue weighted by Crippen LogP contribution is -2.37. The fourth-order valence-electron chi connectivity index (χ4n) is 4.26. The number of nitrogens with one attached hydrogen (secondary N) is 3.